The SMILES string of the molecule is COc1cccc(-c2cc(C(=O)Nc3cccc(Cl)c3Cl)c3cc(C)cc(C)c3n2)c1. The Hall–Kier alpha value is -3.08. The van der Waals surface area contributed by atoms with Crippen molar-refractivity contribution in [3.8, 4) is 17.0 Å². The van der Waals surface area contributed by atoms with Gasteiger partial charge >= 0.3 is 0 Å². The highest BCUT2D eigenvalue weighted by Gasteiger charge is 2.17. The lowest BCUT2D eigenvalue weighted by molar-refractivity contribution is 0.102. The second kappa shape index (κ2) is 8.58. The topological polar surface area (TPSA) is 51.2 Å². The number of aryl methyl sites for hydroxylation is 2. The fraction of sp³-hybridized carbons (Fsp3) is 0.120. The second-order valence-corrected chi connectivity index (χ2v) is 8.11. The van der Waals surface area contributed by atoms with Gasteiger partial charge < -0.3 is 10.1 Å². The third-order valence-corrected chi connectivity index (χ3v) is 5.88. The molecule has 6 heteroatoms. The third kappa shape index (κ3) is 4.22. The standard InChI is InChI=1S/C25H20Cl2N2O2/c1-14-10-15(2)24-18(11-14)19(25(30)29-21-9-5-8-20(26)23(21)27)13-22(28-24)16-6-4-7-17(12-16)31-3/h4-13H,1-3H3,(H,29,30). The lowest BCUT2D eigenvalue weighted by atomic mass is 9.99. The predicted molar refractivity (Wildman–Crippen MR) is 128 cm³/mol. The molecule has 0 saturated carbocycles. The minimum atomic E-state index is -0.286. The first-order chi connectivity index (χ1) is 14.9. The van der Waals surface area contributed by atoms with E-state index in [1.807, 2.05) is 44.2 Å². The van der Waals surface area contributed by atoms with Crippen LogP contribution in [0.15, 0.2) is 60.7 Å². The number of nitrogens with one attached hydrogen (secondary N) is 1. The molecule has 4 aromatic rings. The van der Waals surface area contributed by atoms with Gasteiger partial charge in [0.05, 0.1) is 39.6 Å². The van der Waals surface area contributed by atoms with E-state index in [0.717, 1.165) is 33.3 Å². The van der Waals surface area contributed by atoms with Crippen molar-refractivity contribution >= 4 is 45.7 Å². The summed E-state index contributed by atoms with van der Waals surface area (Å²) in [7, 11) is 1.62. The van der Waals surface area contributed by atoms with Gasteiger partial charge in [-0.1, -0.05) is 53.0 Å². The Balaban J connectivity index is 1.89. The fourth-order valence-corrected chi connectivity index (χ4v) is 3.94. The largest absolute Gasteiger partial charge is 0.497 e. The number of rotatable bonds is 4. The molecule has 0 aliphatic carbocycles. The van der Waals surface area contributed by atoms with Gasteiger partial charge in [0.2, 0.25) is 0 Å². The number of amides is 1. The number of halogens is 2. The molecule has 0 bridgehead atoms. The van der Waals surface area contributed by atoms with Crippen LogP contribution < -0.4 is 10.1 Å². The molecule has 31 heavy (non-hydrogen) atoms. The number of nitrogens with zero attached hydrogens (tertiary/aromatic N) is 1. The van der Waals surface area contributed by atoms with Crippen LogP contribution in [0.5, 0.6) is 5.75 Å². The second-order valence-electron chi connectivity index (χ2n) is 7.32. The lowest BCUT2D eigenvalue weighted by Crippen LogP contribution is -2.14. The predicted octanol–water partition coefficient (Wildman–Crippen LogP) is 7.09. The van der Waals surface area contributed by atoms with Crippen molar-refractivity contribution in [3.63, 3.8) is 0 Å². The summed E-state index contributed by atoms with van der Waals surface area (Å²) in [5.41, 5.74) is 5.32. The maximum atomic E-state index is 13.4. The minimum Gasteiger partial charge on any atom is -0.497 e. The number of ether oxygens (including phenoxy) is 1. The molecule has 1 aromatic heterocycles. The molecule has 1 amide bonds. The van der Waals surface area contributed by atoms with Gasteiger partial charge in [-0.2, -0.15) is 0 Å². The average molecular weight is 451 g/mol. The molecule has 1 N–H and O–H groups in total. The van der Waals surface area contributed by atoms with Crippen molar-refractivity contribution in [2.45, 2.75) is 13.8 Å². The highest BCUT2D eigenvalue weighted by molar-refractivity contribution is 6.44. The van der Waals surface area contributed by atoms with Crippen LogP contribution >= 0.6 is 23.2 Å². The maximum Gasteiger partial charge on any atom is 0.256 e. The van der Waals surface area contributed by atoms with Gasteiger partial charge in [0.1, 0.15) is 5.75 Å². The quantitative estimate of drug-likeness (QED) is 0.361. The van der Waals surface area contributed by atoms with Gasteiger partial charge in [-0.05, 0) is 55.8 Å². The number of aromatic nitrogens is 1. The molecule has 0 unspecified atom stereocenters. The van der Waals surface area contributed by atoms with Crippen molar-refractivity contribution in [3.05, 3.63) is 87.4 Å². The summed E-state index contributed by atoms with van der Waals surface area (Å²) in [5, 5.41) is 4.35. The van der Waals surface area contributed by atoms with E-state index in [1.165, 1.54) is 0 Å². The van der Waals surface area contributed by atoms with Gasteiger partial charge in [-0.3, -0.25) is 4.79 Å². The molecule has 4 nitrogen and oxygen atoms in total. The first kappa shape index (κ1) is 21.2. The van der Waals surface area contributed by atoms with Crippen LogP contribution in [-0.2, 0) is 0 Å². The Morgan fingerprint density at radius 1 is 1.00 bits per heavy atom. The maximum absolute atomic E-state index is 13.4. The molecule has 0 fully saturated rings. The zero-order chi connectivity index (χ0) is 22.1. The summed E-state index contributed by atoms with van der Waals surface area (Å²) in [6.45, 7) is 3.99. The smallest absolute Gasteiger partial charge is 0.256 e. The molecule has 0 radical (unpaired) electrons. The first-order valence-corrected chi connectivity index (χ1v) is 10.4. The van der Waals surface area contributed by atoms with Gasteiger partial charge in [0.15, 0.2) is 0 Å². The lowest BCUT2D eigenvalue weighted by Gasteiger charge is -2.14. The molecule has 4 rings (SSSR count). The van der Waals surface area contributed by atoms with E-state index in [9.17, 15) is 4.79 Å². The molecular formula is C25H20Cl2N2O2. The number of methoxy groups -OCH3 is 1. The number of anilines is 1. The van der Waals surface area contributed by atoms with E-state index in [4.69, 9.17) is 32.9 Å². The zero-order valence-electron chi connectivity index (χ0n) is 17.3. The van der Waals surface area contributed by atoms with E-state index in [2.05, 4.69) is 11.4 Å². The van der Waals surface area contributed by atoms with Crippen molar-refractivity contribution in [1.82, 2.24) is 4.98 Å². The molecule has 156 valence electrons. The van der Waals surface area contributed by atoms with Crippen molar-refractivity contribution < 1.29 is 9.53 Å². The van der Waals surface area contributed by atoms with Gasteiger partial charge in [0, 0.05) is 10.9 Å². The van der Waals surface area contributed by atoms with Crippen LogP contribution in [0.4, 0.5) is 5.69 Å². The normalized spacial score (nSPS) is 10.9. The van der Waals surface area contributed by atoms with Crippen LogP contribution in [0.3, 0.4) is 0 Å². The summed E-state index contributed by atoms with van der Waals surface area (Å²) in [6.07, 6.45) is 0. The fourth-order valence-electron chi connectivity index (χ4n) is 3.59. The number of carbonyl (C=O) groups excluding carboxylic acids is 1. The number of carbonyl (C=O) groups is 1. The van der Waals surface area contributed by atoms with E-state index >= 15 is 0 Å². The summed E-state index contributed by atoms with van der Waals surface area (Å²) in [4.78, 5) is 18.2. The van der Waals surface area contributed by atoms with E-state index in [0.29, 0.717) is 27.0 Å². The summed E-state index contributed by atoms with van der Waals surface area (Å²) in [6, 6.07) is 18.6. The monoisotopic (exact) mass is 450 g/mol. The van der Waals surface area contributed by atoms with Crippen LogP contribution in [0, 0.1) is 13.8 Å². The molecule has 1 heterocycles. The average Bonchev–Trinajstić information content (AvgIpc) is 2.76. The summed E-state index contributed by atoms with van der Waals surface area (Å²) in [5.74, 6) is 0.433. The van der Waals surface area contributed by atoms with Crippen LogP contribution in [0.1, 0.15) is 21.5 Å². The van der Waals surface area contributed by atoms with Gasteiger partial charge in [-0.15, -0.1) is 0 Å². The highest BCUT2D eigenvalue weighted by Crippen LogP contribution is 2.32. The number of hydrogen-bond acceptors (Lipinski definition) is 3. The molecular weight excluding hydrogens is 431 g/mol. The minimum absolute atomic E-state index is 0.286. The molecule has 0 aliphatic heterocycles. The van der Waals surface area contributed by atoms with Crippen LogP contribution in [0.25, 0.3) is 22.2 Å². The van der Waals surface area contributed by atoms with E-state index in [1.54, 1.807) is 31.4 Å². The van der Waals surface area contributed by atoms with Crippen molar-refractivity contribution in [2.24, 2.45) is 0 Å². The molecule has 0 saturated heterocycles. The summed E-state index contributed by atoms with van der Waals surface area (Å²) < 4.78 is 5.35. The number of hydrogen-bond donors (Lipinski definition) is 1. The Bertz CT molecular complexity index is 1320. The van der Waals surface area contributed by atoms with E-state index < -0.39 is 0 Å². The van der Waals surface area contributed by atoms with Gasteiger partial charge in [0.25, 0.3) is 5.91 Å². The molecule has 0 aliphatic rings. The van der Waals surface area contributed by atoms with Gasteiger partial charge in [-0.25, -0.2) is 4.98 Å². The summed E-state index contributed by atoms with van der Waals surface area (Å²) >= 11 is 12.4. The first-order valence-electron chi connectivity index (χ1n) is 9.69. The Kier molecular flexibility index (Phi) is 5.86. The molecule has 0 spiro atoms. The Morgan fingerprint density at radius 2 is 1.77 bits per heavy atom. The number of pyridine rings is 1. The zero-order valence-corrected chi connectivity index (χ0v) is 18.8. The number of benzene rings is 3. The van der Waals surface area contributed by atoms with Crippen LogP contribution in [0.2, 0.25) is 10.0 Å². The Morgan fingerprint density at radius 3 is 2.55 bits per heavy atom. The molecule has 3 aromatic carbocycles. The molecule has 0 atom stereocenters. The van der Waals surface area contributed by atoms with Crippen LogP contribution in [-0.4, -0.2) is 18.0 Å². The van der Waals surface area contributed by atoms with Crippen molar-refractivity contribution in [2.75, 3.05) is 12.4 Å². The highest BCUT2D eigenvalue weighted by atomic mass is 35.5. The van der Waals surface area contributed by atoms with Crippen molar-refractivity contribution in [1.29, 1.82) is 0 Å². The third-order valence-electron chi connectivity index (χ3n) is 5.06. The van der Waals surface area contributed by atoms with E-state index in [-0.39, 0.29) is 5.91 Å². The number of fused-ring (bicyclic) bond motifs is 1. The Labute approximate surface area is 190 Å².